The van der Waals surface area contributed by atoms with Crippen LogP contribution in [-0.2, 0) is 18.9 Å². The SMILES string of the molecule is CCS[C@H]1O[C@H](CF)[C@@H](OC(=O)c2ccccc2)[C@H](OC(=O)c2ccccc2)[C@H]1OC(=O)c1ccccc1. The van der Waals surface area contributed by atoms with Crippen LogP contribution < -0.4 is 0 Å². The number of halogens is 1. The molecular weight excluding hydrogens is 511 g/mol. The number of esters is 3. The van der Waals surface area contributed by atoms with E-state index in [1.54, 1.807) is 91.0 Å². The second-order valence-electron chi connectivity index (χ2n) is 8.36. The minimum atomic E-state index is -1.39. The van der Waals surface area contributed by atoms with Gasteiger partial charge in [-0.25, -0.2) is 18.8 Å². The Morgan fingerprint density at radius 1 is 0.684 bits per heavy atom. The van der Waals surface area contributed by atoms with Crippen LogP contribution in [-0.4, -0.2) is 60.2 Å². The molecule has 5 atom stereocenters. The molecule has 0 amide bonds. The minimum Gasteiger partial charge on any atom is -0.452 e. The first kappa shape index (κ1) is 27.3. The van der Waals surface area contributed by atoms with Gasteiger partial charge in [0.15, 0.2) is 18.3 Å². The Hall–Kier alpha value is -3.69. The molecule has 0 spiro atoms. The average Bonchev–Trinajstić information content (AvgIpc) is 2.97. The second kappa shape index (κ2) is 13.2. The molecule has 38 heavy (non-hydrogen) atoms. The highest BCUT2D eigenvalue weighted by atomic mass is 32.2. The molecule has 4 rings (SSSR count). The van der Waals surface area contributed by atoms with Crippen molar-refractivity contribution in [3.63, 3.8) is 0 Å². The Bertz CT molecular complexity index is 1210. The van der Waals surface area contributed by atoms with E-state index in [9.17, 15) is 18.8 Å². The van der Waals surface area contributed by atoms with Gasteiger partial charge in [-0.2, -0.15) is 0 Å². The fourth-order valence-corrected chi connectivity index (χ4v) is 4.95. The Balaban J connectivity index is 1.70. The van der Waals surface area contributed by atoms with Crippen LogP contribution >= 0.6 is 11.8 Å². The average molecular weight is 539 g/mol. The van der Waals surface area contributed by atoms with Gasteiger partial charge in [-0.1, -0.05) is 61.5 Å². The number of hydrogen-bond acceptors (Lipinski definition) is 8. The van der Waals surface area contributed by atoms with Gasteiger partial charge in [-0.15, -0.1) is 11.8 Å². The number of ether oxygens (including phenoxy) is 4. The quantitative estimate of drug-likeness (QED) is 0.274. The molecule has 0 aliphatic carbocycles. The van der Waals surface area contributed by atoms with Crippen LogP contribution in [0, 0.1) is 0 Å². The summed E-state index contributed by atoms with van der Waals surface area (Å²) in [4.78, 5) is 39.2. The monoisotopic (exact) mass is 538 g/mol. The van der Waals surface area contributed by atoms with Gasteiger partial charge >= 0.3 is 17.9 Å². The van der Waals surface area contributed by atoms with Crippen LogP contribution in [0.25, 0.3) is 0 Å². The maximum absolute atomic E-state index is 14.3. The molecule has 3 aromatic carbocycles. The summed E-state index contributed by atoms with van der Waals surface area (Å²) < 4.78 is 37.6. The van der Waals surface area contributed by atoms with E-state index in [0.717, 1.165) is 0 Å². The highest BCUT2D eigenvalue weighted by Crippen LogP contribution is 2.35. The predicted molar refractivity (Wildman–Crippen MR) is 140 cm³/mol. The van der Waals surface area contributed by atoms with E-state index in [4.69, 9.17) is 18.9 Å². The van der Waals surface area contributed by atoms with Crippen LogP contribution in [0.3, 0.4) is 0 Å². The van der Waals surface area contributed by atoms with Crippen LogP contribution in [0.1, 0.15) is 38.0 Å². The lowest BCUT2D eigenvalue weighted by atomic mass is 9.99. The zero-order chi connectivity index (χ0) is 26.9. The smallest absolute Gasteiger partial charge is 0.338 e. The van der Waals surface area contributed by atoms with Gasteiger partial charge in [0.1, 0.15) is 18.2 Å². The van der Waals surface area contributed by atoms with E-state index in [1.165, 1.54) is 11.8 Å². The molecule has 1 fully saturated rings. The summed E-state index contributed by atoms with van der Waals surface area (Å²) in [7, 11) is 0. The van der Waals surface area contributed by atoms with E-state index in [-0.39, 0.29) is 16.7 Å². The molecule has 0 N–H and O–H groups in total. The van der Waals surface area contributed by atoms with E-state index in [0.29, 0.717) is 5.75 Å². The van der Waals surface area contributed by atoms with E-state index < -0.39 is 54.4 Å². The van der Waals surface area contributed by atoms with Crippen molar-refractivity contribution in [2.24, 2.45) is 0 Å². The third-order valence-corrected chi connectivity index (χ3v) is 6.87. The van der Waals surface area contributed by atoms with Crippen molar-refractivity contribution >= 4 is 29.7 Å². The molecule has 9 heteroatoms. The fraction of sp³-hybridized carbons (Fsp3) is 0.276. The first-order chi connectivity index (χ1) is 18.5. The molecule has 1 aliphatic rings. The number of carbonyl (C=O) groups excluding carboxylic acids is 3. The molecule has 0 unspecified atom stereocenters. The maximum atomic E-state index is 14.3. The van der Waals surface area contributed by atoms with E-state index in [2.05, 4.69) is 0 Å². The Morgan fingerprint density at radius 3 is 1.47 bits per heavy atom. The van der Waals surface area contributed by atoms with Crippen molar-refractivity contribution in [3.05, 3.63) is 108 Å². The minimum absolute atomic E-state index is 0.223. The van der Waals surface area contributed by atoms with Gasteiger partial charge in [0.25, 0.3) is 0 Å². The standard InChI is InChI=1S/C29H27FO7S/c1-2-38-29-25(37-28(33)21-16-10-5-11-17-21)24(36-27(32)20-14-8-4-9-15-20)23(22(18-30)34-29)35-26(31)19-12-6-3-7-13-19/h3-17,22-25,29H,2,18H2,1H3/t22-,23-,24+,25-,29-/m1/s1. The van der Waals surface area contributed by atoms with Crippen molar-refractivity contribution < 1.29 is 37.7 Å². The Morgan fingerprint density at radius 2 is 1.08 bits per heavy atom. The highest BCUT2D eigenvalue weighted by Gasteiger charge is 2.52. The largest absolute Gasteiger partial charge is 0.452 e. The Kier molecular flexibility index (Phi) is 9.51. The number of hydrogen-bond donors (Lipinski definition) is 0. The zero-order valence-electron chi connectivity index (χ0n) is 20.6. The lowest BCUT2D eigenvalue weighted by Crippen LogP contribution is -2.61. The summed E-state index contributed by atoms with van der Waals surface area (Å²) in [6.07, 6.45) is -5.19. The number of thioether (sulfide) groups is 1. The molecule has 0 aromatic heterocycles. The molecule has 3 aromatic rings. The molecule has 1 saturated heterocycles. The molecule has 1 heterocycles. The maximum Gasteiger partial charge on any atom is 0.338 e. The normalized spacial score (nSPS) is 22.7. The molecule has 7 nitrogen and oxygen atoms in total. The van der Waals surface area contributed by atoms with Crippen molar-refractivity contribution in [1.82, 2.24) is 0 Å². The summed E-state index contributed by atoms with van der Waals surface area (Å²) in [5.74, 6) is -1.64. The van der Waals surface area contributed by atoms with Crippen molar-refractivity contribution in [2.75, 3.05) is 12.4 Å². The van der Waals surface area contributed by atoms with Crippen LogP contribution in [0.4, 0.5) is 4.39 Å². The molecule has 198 valence electrons. The van der Waals surface area contributed by atoms with E-state index >= 15 is 0 Å². The first-order valence-electron chi connectivity index (χ1n) is 12.1. The second-order valence-corrected chi connectivity index (χ2v) is 9.74. The van der Waals surface area contributed by atoms with Gasteiger partial charge in [-0.3, -0.25) is 0 Å². The molecule has 0 bridgehead atoms. The number of alkyl halides is 1. The topological polar surface area (TPSA) is 88.1 Å². The van der Waals surface area contributed by atoms with Gasteiger partial charge in [0, 0.05) is 0 Å². The van der Waals surface area contributed by atoms with Crippen molar-refractivity contribution in [1.29, 1.82) is 0 Å². The fourth-order valence-electron chi connectivity index (χ4n) is 4.00. The van der Waals surface area contributed by atoms with Gasteiger partial charge < -0.3 is 18.9 Å². The van der Waals surface area contributed by atoms with Crippen LogP contribution in [0.2, 0.25) is 0 Å². The first-order valence-corrected chi connectivity index (χ1v) is 13.2. The van der Waals surface area contributed by atoms with Crippen molar-refractivity contribution in [2.45, 2.75) is 36.8 Å². The van der Waals surface area contributed by atoms with Gasteiger partial charge in [-0.05, 0) is 42.2 Å². The summed E-state index contributed by atoms with van der Waals surface area (Å²) >= 11 is 1.26. The van der Waals surface area contributed by atoms with Crippen molar-refractivity contribution in [3.8, 4) is 0 Å². The highest BCUT2D eigenvalue weighted by molar-refractivity contribution is 7.99. The summed E-state index contributed by atoms with van der Waals surface area (Å²) in [5.41, 5.74) is -0.155. The summed E-state index contributed by atoms with van der Waals surface area (Å²) in [6, 6.07) is 24.6. The summed E-state index contributed by atoms with van der Waals surface area (Å²) in [6.45, 7) is 0.841. The third-order valence-electron chi connectivity index (χ3n) is 5.83. The van der Waals surface area contributed by atoms with E-state index in [1.807, 2.05) is 6.92 Å². The van der Waals surface area contributed by atoms with Crippen LogP contribution in [0.15, 0.2) is 91.0 Å². The lowest BCUT2D eigenvalue weighted by Gasteiger charge is -2.44. The van der Waals surface area contributed by atoms with Gasteiger partial charge in [0.2, 0.25) is 0 Å². The number of benzene rings is 3. The predicted octanol–water partition coefficient (Wildman–Crippen LogP) is 5.11. The molecule has 0 saturated carbocycles. The molecule has 1 aliphatic heterocycles. The zero-order valence-corrected chi connectivity index (χ0v) is 21.4. The van der Waals surface area contributed by atoms with Crippen LogP contribution in [0.5, 0.6) is 0 Å². The van der Waals surface area contributed by atoms with Gasteiger partial charge in [0.05, 0.1) is 16.7 Å². The molecule has 0 radical (unpaired) electrons. The third kappa shape index (κ3) is 6.59. The Labute approximate surface area is 224 Å². The molecular formula is C29H27FO7S. The lowest BCUT2D eigenvalue weighted by molar-refractivity contribution is -0.202. The summed E-state index contributed by atoms with van der Waals surface area (Å²) in [5, 5.41) is 0. The number of carbonyl (C=O) groups is 3. The number of rotatable bonds is 9.